The maximum Gasteiger partial charge on any atom is 0.417 e. The molecule has 0 aliphatic carbocycles. The van der Waals surface area contributed by atoms with E-state index in [-0.39, 0.29) is 23.7 Å². The number of carbonyl (C=O) groups is 2. The molecule has 0 radical (unpaired) electrons. The normalized spacial score (nSPS) is 12.2. The van der Waals surface area contributed by atoms with Crippen molar-refractivity contribution in [3.8, 4) is 11.1 Å². The van der Waals surface area contributed by atoms with Crippen LogP contribution in [0.5, 0.6) is 0 Å². The van der Waals surface area contributed by atoms with E-state index in [4.69, 9.17) is 4.74 Å². The van der Waals surface area contributed by atoms with Crippen LogP contribution >= 0.6 is 0 Å². The second-order valence-corrected chi connectivity index (χ2v) is 9.67. The molecule has 0 spiro atoms. The molecule has 0 aliphatic rings. The van der Waals surface area contributed by atoms with Gasteiger partial charge in [-0.1, -0.05) is 6.07 Å². The van der Waals surface area contributed by atoms with Gasteiger partial charge in [-0.3, -0.25) is 4.79 Å². The smallest absolute Gasteiger partial charge is 0.417 e. The van der Waals surface area contributed by atoms with E-state index in [1.807, 2.05) is 0 Å². The molecule has 0 aliphatic heterocycles. The van der Waals surface area contributed by atoms with E-state index in [9.17, 15) is 22.8 Å². The molecule has 196 valence electrons. The summed E-state index contributed by atoms with van der Waals surface area (Å²) < 4.78 is 50.4. The fourth-order valence-electron chi connectivity index (χ4n) is 4.07. The number of rotatable bonds is 6. The Labute approximate surface area is 211 Å². The van der Waals surface area contributed by atoms with Gasteiger partial charge in [0.25, 0.3) is 5.91 Å². The number of benzene rings is 1. The Hall–Kier alpha value is -4.02. The highest BCUT2D eigenvalue weighted by atomic mass is 19.4. The van der Waals surface area contributed by atoms with Crippen LogP contribution in [0.15, 0.2) is 48.9 Å². The minimum Gasteiger partial charge on any atom is -0.444 e. The number of alkyl carbamates (subject to hydrolysis) is 1. The molecule has 0 atom stereocenters. The molecule has 4 rings (SSSR count). The number of alkyl halides is 3. The minimum atomic E-state index is -4.58. The lowest BCUT2D eigenvalue weighted by Crippen LogP contribution is -2.34. The second-order valence-electron chi connectivity index (χ2n) is 9.67. The van der Waals surface area contributed by atoms with E-state index >= 15 is 0 Å². The van der Waals surface area contributed by atoms with Gasteiger partial charge in [0.2, 0.25) is 0 Å². The van der Waals surface area contributed by atoms with Crippen LogP contribution in [0.1, 0.15) is 43.2 Å². The summed E-state index contributed by atoms with van der Waals surface area (Å²) >= 11 is 0. The van der Waals surface area contributed by atoms with Crippen molar-refractivity contribution in [1.29, 1.82) is 0 Å². The number of amides is 2. The van der Waals surface area contributed by atoms with E-state index in [1.165, 1.54) is 17.0 Å². The molecule has 4 aromatic rings. The Balaban J connectivity index is 1.54. The molecular formula is C26H28F3N5O3. The number of nitrogens with one attached hydrogen (secondary N) is 2. The number of hydrogen-bond acceptors (Lipinski definition) is 4. The lowest BCUT2D eigenvalue weighted by atomic mass is 9.98. The summed E-state index contributed by atoms with van der Waals surface area (Å²) in [5, 5.41) is 5.39. The van der Waals surface area contributed by atoms with Crippen molar-refractivity contribution >= 4 is 28.6 Å². The Morgan fingerprint density at radius 2 is 1.73 bits per heavy atom. The van der Waals surface area contributed by atoms with E-state index in [0.717, 1.165) is 6.07 Å². The summed E-state index contributed by atoms with van der Waals surface area (Å²) in [5.74, 6) is -0.384. The van der Waals surface area contributed by atoms with Gasteiger partial charge in [-0.25, -0.2) is 9.78 Å². The molecule has 11 heteroatoms. The van der Waals surface area contributed by atoms with Crippen LogP contribution in [-0.2, 0) is 18.0 Å². The van der Waals surface area contributed by atoms with Gasteiger partial charge in [0.05, 0.1) is 28.4 Å². The molecule has 0 bridgehead atoms. The summed E-state index contributed by atoms with van der Waals surface area (Å²) in [6.45, 7) is 5.89. The molecule has 1 aromatic carbocycles. The van der Waals surface area contributed by atoms with Gasteiger partial charge >= 0.3 is 12.3 Å². The zero-order valence-electron chi connectivity index (χ0n) is 20.9. The zero-order chi connectivity index (χ0) is 27.0. The summed E-state index contributed by atoms with van der Waals surface area (Å²) in [7, 11) is 1.64. The first-order valence-corrected chi connectivity index (χ1v) is 11.7. The molecule has 2 amide bonds. The minimum absolute atomic E-state index is 0.0115. The second kappa shape index (κ2) is 9.79. The van der Waals surface area contributed by atoms with Crippen LogP contribution in [0.3, 0.4) is 0 Å². The van der Waals surface area contributed by atoms with Crippen molar-refractivity contribution in [3.63, 3.8) is 0 Å². The van der Waals surface area contributed by atoms with Crippen LogP contribution in [0.4, 0.5) is 18.0 Å². The fourth-order valence-corrected chi connectivity index (χ4v) is 4.07. The lowest BCUT2D eigenvalue weighted by molar-refractivity contribution is -0.137. The third-order valence-electron chi connectivity index (χ3n) is 5.69. The van der Waals surface area contributed by atoms with Crippen molar-refractivity contribution in [3.05, 3.63) is 60.2 Å². The van der Waals surface area contributed by atoms with Gasteiger partial charge in [0, 0.05) is 31.9 Å². The number of halogens is 3. The van der Waals surface area contributed by atoms with Gasteiger partial charge in [-0.05, 0) is 63.1 Å². The third-order valence-corrected chi connectivity index (χ3v) is 5.69. The Bertz CT molecular complexity index is 1460. The first-order valence-electron chi connectivity index (χ1n) is 11.7. The number of pyridine rings is 1. The molecule has 3 heterocycles. The average molecular weight is 516 g/mol. The number of nitrogens with zero attached hydrogens (tertiary/aromatic N) is 3. The number of ether oxygens (including phenoxy) is 1. The molecule has 2 N–H and O–H groups in total. The first-order chi connectivity index (χ1) is 17.3. The molecule has 3 aromatic heterocycles. The van der Waals surface area contributed by atoms with Gasteiger partial charge in [-0.2, -0.15) is 13.2 Å². The van der Waals surface area contributed by atoms with Crippen molar-refractivity contribution in [2.75, 3.05) is 13.1 Å². The number of hydrogen-bond donors (Lipinski definition) is 2. The number of aryl methyl sites for hydroxylation is 1. The molecule has 0 unspecified atom stereocenters. The predicted octanol–water partition coefficient (Wildman–Crippen LogP) is 5.16. The average Bonchev–Trinajstić information content (AvgIpc) is 3.39. The van der Waals surface area contributed by atoms with Gasteiger partial charge in [0.1, 0.15) is 11.3 Å². The Morgan fingerprint density at radius 1 is 1.00 bits per heavy atom. The maximum absolute atomic E-state index is 14.0. The third kappa shape index (κ3) is 5.71. The summed E-state index contributed by atoms with van der Waals surface area (Å²) in [6.07, 6.45) is -1.55. The fraction of sp³-hybridized carbons (Fsp3) is 0.346. The topological polar surface area (TPSA) is 89.7 Å². The molecule has 0 fully saturated rings. The van der Waals surface area contributed by atoms with E-state index in [0.29, 0.717) is 35.1 Å². The SMILES string of the molecule is Cn1cnc2cc(-c3cccn4c(C(=O)NCCCNC(=O)OC(C)(C)C)ccc34)c(C(F)(F)F)cc21. The van der Waals surface area contributed by atoms with Crippen LogP contribution < -0.4 is 10.6 Å². The van der Waals surface area contributed by atoms with Crippen molar-refractivity contribution in [2.45, 2.75) is 39.0 Å². The zero-order valence-corrected chi connectivity index (χ0v) is 20.9. The van der Waals surface area contributed by atoms with Crippen molar-refractivity contribution < 1.29 is 27.5 Å². The van der Waals surface area contributed by atoms with Gasteiger partial charge in [0.15, 0.2) is 0 Å². The van der Waals surface area contributed by atoms with E-state index in [2.05, 4.69) is 15.6 Å². The highest BCUT2D eigenvalue weighted by molar-refractivity contribution is 5.96. The molecule has 0 saturated carbocycles. The largest absolute Gasteiger partial charge is 0.444 e. The standard InChI is InChI=1S/C26H28F3N5O3/c1-25(2,3)37-24(36)31-11-6-10-30-23(35)21-9-8-20-16(7-5-12-34(20)21)17-13-19-22(33(4)15-32-19)14-18(17)26(27,28)29/h5,7-9,12-15H,6,10-11H2,1-4H3,(H,30,35)(H,31,36). The van der Waals surface area contributed by atoms with Crippen LogP contribution in [0.2, 0.25) is 0 Å². The lowest BCUT2D eigenvalue weighted by Gasteiger charge is -2.19. The van der Waals surface area contributed by atoms with Crippen LogP contribution in [0, 0.1) is 0 Å². The number of imidazole rings is 1. The van der Waals surface area contributed by atoms with E-state index in [1.54, 1.807) is 62.7 Å². The quantitative estimate of drug-likeness (QED) is 0.348. The highest BCUT2D eigenvalue weighted by Crippen LogP contribution is 2.40. The molecular weight excluding hydrogens is 487 g/mol. The predicted molar refractivity (Wildman–Crippen MR) is 133 cm³/mol. The summed E-state index contributed by atoms with van der Waals surface area (Å²) in [6, 6.07) is 8.92. The first kappa shape index (κ1) is 26.1. The number of carbonyl (C=O) groups excluding carboxylic acids is 2. The number of fused-ring (bicyclic) bond motifs is 2. The summed E-state index contributed by atoms with van der Waals surface area (Å²) in [4.78, 5) is 28.7. The van der Waals surface area contributed by atoms with Crippen LogP contribution in [-0.4, -0.2) is 44.6 Å². The Kier molecular flexibility index (Phi) is 6.90. The highest BCUT2D eigenvalue weighted by Gasteiger charge is 2.35. The van der Waals surface area contributed by atoms with Crippen molar-refractivity contribution in [1.82, 2.24) is 24.6 Å². The molecule has 8 nitrogen and oxygen atoms in total. The van der Waals surface area contributed by atoms with Crippen molar-refractivity contribution in [2.24, 2.45) is 7.05 Å². The van der Waals surface area contributed by atoms with Gasteiger partial charge in [-0.15, -0.1) is 0 Å². The van der Waals surface area contributed by atoms with Crippen LogP contribution in [0.25, 0.3) is 27.7 Å². The van der Waals surface area contributed by atoms with Gasteiger partial charge < -0.3 is 24.3 Å². The van der Waals surface area contributed by atoms with E-state index < -0.39 is 23.4 Å². The molecule has 0 saturated heterocycles. The monoisotopic (exact) mass is 515 g/mol. The molecule has 37 heavy (non-hydrogen) atoms. The Morgan fingerprint density at radius 3 is 2.43 bits per heavy atom. The summed E-state index contributed by atoms with van der Waals surface area (Å²) in [5.41, 5.74) is 0.505. The maximum atomic E-state index is 14.0. The number of aromatic nitrogens is 3.